The molecule has 0 spiro atoms. The number of Topliss-reactive ketones (excluding diaryl/α,β-unsaturated/α-hetero) is 1. The summed E-state index contributed by atoms with van der Waals surface area (Å²) in [6.45, 7) is 5.71. The first-order valence-electron chi connectivity index (χ1n) is 10.4. The third-order valence-corrected chi connectivity index (χ3v) is 5.71. The molecular weight excluding hydrogens is 407 g/mol. The molecule has 1 amide bonds. The van der Waals surface area contributed by atoms with Gasteiger partial charge in [-0.2, -0.15) is 0 Å². The highest BCUT2D eigenvalue weighted by molar-refractivity contribution is 6.51. The zero-order chi connectivity index (χ0) is 23.0. The molecule has 1 aromatic heterocycles. The van der Waals surface area contributed by atoms with Gasteiger partial charge in [0.05, 0.1) is 11.6 Å². The van der Waals surface area contributed by atoms with E-state index in [4.69, 9.17) is 0 Å². The van der Waals surface area contributed by atoms with Crippen LogP contribution >= 0.6 is 0 Å². The van der Waals surface area contributed by atoms with Gasteiger partial charge in [-0.05, 0) is 65.9 Å². The number of benzene rings is 2. The average molecular weight is 430 g/mol. The van der Waals surface area contributed by atoms with Crippen LogP contribution < -0.4 is 4.90 Å². The molecule has 1 aliphatic rings. The molecule has 1 atom stereocenters. The Kier molecular flexibility index (Phi) is 5.61. The van der Waals surface area contributed by atoms with Gasteiger partial charge < -0.3 is 5.11 Å². The number of amides is 1. The van der Waals surface area contributed by atoms with E-state index in [-0.39, 0.29) is 16.9 Å². The number of aryl methyl sites for hydroxylation is 1. The van der Waals surface area contributed by atoms with Crippen LogP contribution in [0.5, 0.6) is 0 Å². The van der Waals surface area contributed by atoms with Gasteiger partial charge in [-0.15, -0.1) is 0 Å². The lowest BCUT2D eigenvalue weighted by Gasteiger charge is -2.25. The lowest BCUT2D eigenvalue weighted by Crippen LogP contribution is -2.29. The minimum Gasteiger partial charge on any atom is -0.507 e. The van der Waals surface area contributed by atoms with Gasteiger partial charge in [0.1, 0.15) is 11.6 Å². The molecule has 6 heteroatoms. The smallest absolute Gasteiger partial charge is 0.300 e. The van der Waals surface area contributed by atoms with Crippen molar-refractivity contribution in [2.24, 2.45) is 0 Å². The fraction of sp³-hybridized carbons (Fsp3) is 0.192. The van der Waals surface area contributed by atoms with Crippen molar-refractivity contribution in [2.75, 3.05) is 4.90 Å². The maximum absolute atomic E-state index is 13.8. The summed E-state index contributed by atoms with van der Waals surface area (Å²) >= 11 is 0. The van der Waals surface area contributed by atoms with E-state index in [0.717, 1.165) is 5.56 Å². The summed E-state index contributed by atoms with van der Waals surface area (Å²) in [6.07, 6.45) is 3.16. The molecule has 1 unspecified atom stereocenters. The Labute approximate surface area is 185 Å². The monoisotopic (exact) mass is 430 g/mol. The Bertz CT molecular complexity index is 1220. The predicted octanol–water partition coefficient (Wildman–Crippen LogP) is 5.28. The summed E-state index contributed by atoms with van der Waals surface area (Å²) in [5.41, 5.74) is 2.77. The second-order valence-electron chi connectivity index (χ2n) is 8.17. The second kappa shape index (κ2) is 8.38. The van der Waals surface area contributed by atoms with Crippen molar-refractivity contribution in [3.63, 3.8) is 0 Å². The van der Waals surface area contributed by atoms with Crippen molar-refractivity contribution < 1.29 is 19.1 Å². The van der Waals surface area contributed by atoms with E-state index in [1.165, 1.54) is 23.1 Å². The molecular formula is C26H23FN2O3. The van der Waals surface area contributed by atoms with Crippen LogP contribution in [-0.4, -0.2) is 21.8 Å². The highest BCUT2D eigenvalue weighted by atomic mass is 19.1. The number of aliphatic hydroxyl groups excluding tert-OH is 1. The van der Waals surface area contributed by atoms with E-state index in [1.54, 1.807) is 43.6 Å². The minimum absolute atomic E-state index is 0.0538. The quantitative estimate of drug-likeness (QED) is 0.347. The number of hydrogen-bond acceptors (Lipinski definition) is 4. The van der Waals surface area contributed by atoms with Gasteiger partial charge in [0.25, 0.3) is 11.7 Å². The highest BCUT2D eigenvalue weighted by Gasteiger charge is 2.47. The van der Waals surface area contributed by atoms with Crippen molar-refractivity contribution >= 4 is 23.1 Å². The molecule has 32 heavy (non-hydrogen) atoms. The Morgan fingerprint density at radius 1 is 1.09 bits per heavy atom. The van der Waals surface area contributed by atoms with Gasteiger partial charge in [0.15, 0.2) is 0 Å². The van der Waals surface area contributed by atoms with E-state index in [9.17, 15) is 19.1 Å². The summed E-state index contributed by atoms with van der Waals surface area (Å²) < 4.78 is 13.8. The van der Waals surface area contributed by atoms with E-state index in [1.807, 2.05) is 12.1 Å². The van der Waals surface area contributed by atoms with Gasteiger partial charge in [-0.3, -0.25) is 19.5 Å². The van der Waals surface area contributed by atoms with Gasteiger partial charge >= 0.3 is 0 Å². The summed E-state index contributed by atoms with van der Waals surface area (Å²) in [5, 5.41) is 11.1. The van der Waals surface area contributed by atoms with Gasteiger partial charge in [-0.1, -0.05) is 32.0 Å². The van der Waals surface area contributed by atoms with E-state index < -0.39 is 23.5 Å². The van der Waals surface area contributed by atoms with Crippen molar-refractivity contribution in [1.29, 1.82) is 0 Å². The number of rotatable bonds is 4. The molecule has 1 N–H and O–H groups in total. The predicted molar refractivity (Wildman–Crippen MR) is 121 cm³/mol. The summed E-state index contributed by atoms with van der Waals surface area (Å²) in [5.74, 6) is -1.99. The van der Waals surface area contributed by atoms with Crippen LogP contribution in [0.15, 0.2) is 72.6 Å². The summed E-state index contributed by atoms with van der Waals surface area (Å²) in [6, 6.07) is 14.1. The zero-order valence-electron chi connectivity index (χ0n) is 18.0. The van der Waals surface area contributed by atoms with Crippen molar-refractivity contribution in [2.45, 2.75) is 32.7 Å². The lowest BCUT2D eigenvalue weighted by atomic mass is 9.95. The van der Waals surface area contributed by atoms with Crippen LogP contribution in [0.2, 0.25) is 0 Å². The molecule has 1 aliphatic heterocycles. The second-order valence-corrected chi connectivity index (χ2v) is 8.17. The van der Waals surface area contributed by atoms with Gasteiger partial charge in [-0.25, -0.2) is 4.39 Å². The topological polar surface area (TPSA) is 70.5 Å². The van der Waals surface area contributed by atoms with Crippen molar-refractivity contribution in [1.82, 2.24) is 4.98 Å². The maximum Gasteiger partial charge on any atom is 0.300 e. The molecule has 2 heterocycles. The summed E-state index contributed by atoms with van der Waals surface area (Å²) in [4.78, 5) is 31.8. The molecule has 0 saturated carbocycles. The van der Waals surface area contributed by atoms with Crippen LogP contribution in [0, 0.1) is 12.7 Å². The Morgan fingerprint density at radius 2 is 1.81 bits per heavy atom. The number of hydrogen-bond donors (Lipinski definition) is 1. The molecule has 5 nitrogen and oxygen atoms in total. The number of carbonyl (C=O) groups is 2. The first-order chi connectivity index (χ1) is 15.3. The minimum atomic E-state index is -0.862. The van der Waals surface area contributed by atoms with E-state index in [0.29, 0.717) is 22.7 Å². The van der Waals surface area contributed by atoms with Crippen LogP contribution in [0.1, 0.15) is 48.1 Å². The van der Waals surface area contributed by atoms with Gasteiger partial charge in [0, 0.05) is 23.6 Å². The third-order valence-electron chi connectivity index (χ3n) is 5.71. The molecule has 0 bridgehead atoms. The molecule has 162 valence electrons. The molecule has 1 fully saturated rings. The number of halogens is 1. The molecule has 0 radical (unpaired) electrons. The van der Waals surface area contributed by atoms with E-state index in [2.05, 4.69) is 18.8 Å². The van der Waals surface area contributed by atoms with Crippen LogP contribution in [0.3, 0.4) is 0 Å². The number of aromatic nitrogens is 1. The van der Waals surface area contributed by atoms with Crippen LogP contribution in [-0.2, 0) is 9.59 Å². The Morgan fingerprint density at radius 3 is 2.41 bits per heavy atom. The van der Waals surface area contributed by atoms with Gasteiger partial charge in [0.2, 0.25) is 0 Å². The first kappa shape index (κ1) is 21.4. The largest absolute Gasteiger partial charge is 0.507 e. The summed E-state index contributed by atoms with van der Waals surface area (Å²) in [7, 11) is 0. The number of carbonyl (C=O) groups excluding carboxylic acids is 2. The molecule has 3 aromatic rings. The standard InChI is InChI=1S/C26H23FN2O3/c1-15(2)17-6-9-20(10-7-17)29-23(19-5-4-12-28-14-19)22(25(31)26(29)32)24(30)18-8-11-21(27)16(3)13-18/h4-15,23,30H,1-3H3/b24-22-. The van der Waals surface area contributed by atoms with E-state index >= 15 is 0 Å². The number of nitrogens with zero attached hydrogens (tertiary/aromatic N) is 2. The fourth-order valence-electron chi connectivity index (χ4n) is 3.92. The Balaban J connectivity index is 1.90. The highest BCUT2D eigenvalue weighted by Crippen LogP contribution is 2.42. The van der Waals surface area contributed by atoms with Crippen molar-refractivity contribution in [3.05, 3.63) is 101 Å². The molecule has 4 rings (SSSR count). The number of aliphatic hydroxyl groups is 1. The van der Waals surface area contributed by atoms with Crippen LogP contribution in [0.25, 0.3) is 5.76 Å². The first-order valence-corrected chi connectivity index (χ1v) is 10.4. The third kappa shape index (κ3) is 3.68. The zero-order valence-corrected chi connectivity index (χ0v) is 18.0. The van der Waals surface area contributed by atoms with Crippen LogP contribution in [0.4, 0.5) is 10.1 Å². The number of ketones is 1. The molecule has 0 aliphatic carbocycles. The average Bonchev–Trinajstić information content (AvgIpc) is 3.06. The normalized spacial score (nSPS) is 17.9. The lowest BCUT2D eigenvalue weighted by molar-refractivity contribution is -0.132. The number of pyridine rings is 1. The van der Waals surface area contributed by atoms with Crippen molar-refractivity contribution in [3.8, 4) is 0 Å². The fourth-order valence-corrected chi connectivity index (χ4v) is 3.92. The Hall–Kier alpha value is -3.80. The molecule has 2 aromatic carbocycles. The SMILES string of the molecule is Cc1cc(/C(O)=C2/C(=O)C(=O)N(c3ccc(C(C)C)cc3)C2c2cccnc2)ccc1F. The maximum atomic E-state index is 13.8. The molecule has 1 saturated heterocycles. The number of anilines is 1.